The van der Waals surface area contributed by atoms with Crippen molar-refractivity contribution >= 4 is 39.5 Å². The van der Waals surface area contributed by atoms with E-state index in [-0.39, 0.29) is 11.8 Å². The largest absolute Gasteiger partial charge is 0.481 e. The van der Waals surface area contributed by atoms with Gasteiger partial charge in [-0.25, -0.2) is 9.78 Å². The van der Waals surface area contributed by atoms with Crippen LogP contribution in [0.2, 0.25) is 0 Å². The van der Waals surface area contributed by atoms with Crippen LogP contribution in [-0.2, 0) is 9.53 Å². The Morgan fingerprint density at radius 2 is 1.83 bits per heavy atom. The number of carbonyl (C=O) groups is 2. The first kappa shape index (κ1) is 29.8. The molecule has 224 valence electrons. The molecular formula is C30H37BrN6O5. The fourth-order valence-electron chi connectivity index (χ4n) is 5.47. The van der Waals surface area contributed by atoms with Crippen molar-refractivity contribution in [2.75, 3.05) is 42.5 Å². The molecule has 12 heteroatoms. The summed E-state index contributed by atoms with van der Waals surface area (Å²) in [5.41, 5.74) is 1.97. The van der Waals surface area contributed by atoms with E-state index in [1.165, 1.54) is 0 Å². The summed E-state index contributed by atoms with van der Waals surface area (Å²) in [7, 11) is 0. The Morgan fingerprint density at radius 1 is 1.07 bits per heavy atom. The number of pyridine rings is 1. The summed E-state index contributed by atoms with van der Waals surface area (Å²) in [5, 5.41) is 21.0. The van der Waals surface area contributed by atoms with Crippen molar-refractivity contribution in [1.82, 2.24) is 20.5 Å². The van der Waals surface area contributed by atoms with Gasteiger partial charge in [-0.2, -0.15) is 0 Å². The van der Waals surface area contributed by atoms with E-state index >= 15 is 0 Å². The SMILES string of the molecule is CC(C)(C)OC(=O)NCC1CCCN(c2cc(-c3nnc(-c4ccc(Br)cc4N4CCC(C(=O)O)CC4)o3)ccn2)C1. The molecule has 0 bridgehead atoms. The van der Waals surface area contributed by atoms with Crippen LogP contribution in [0.25, 0.3) is 22.9 Å². The lowest BCUT2D eigenvalue weighted by Crippen LogP contribution is -2.42. The van der Waals surface area contributed by atoms with E-state index in [1.807, 2.05) is 51.1 Å². The fourth-order valence-corrected chi connectivity index (χ4v) is 5.82. The van der Waals surface area contributed by atoms with Crippen LogP contribution in [0.3, 0.4) is 0 Å². The number of carboxylic acid groups (broad SMARTS) is 1. The Morgan fingerprint density at radius 3 is 2.57 bits per heavy atom. The van der Waals surface area contributed by atoms with Crippen LogP contribution in [0.15, 0.2) is 45.4 Å². The molecule has 0 saturated carbocycles. The number of ether oxygens (including phenoxy) is 1. The quantitative estimate of drug-likeness (QED) is 0.336. The molecular weight excluding hydrogens is 604 g/mol. The molecule has 11 nitrogen and oxygen atoms in total. The topological polar surface area (TPSA) is 134 Å². The lowest BCUT2D eigenvalue weighted by Gasteiger charge is -2.34. The van der Waals surface area contributed by atoms with Gasteiger partial charge in [-0.1, -0.05) is 15.9 Å². The molecule has 2 fully saturated rings. The number of anilines is 2. The van der Waals surface area contributed by atoms with Crippen LogP contribution < -0.4 is 15.1 Å². The molecule has 2 aliphatic heterocycles. The van der Waals surface area contributed by atoms with E-state index in [2.05, 4.69) is 46.2 Å². The number of carboxylic acids is 1. The van der Waals surface area contributed by atoms with Crippen LogP contribution in [0, 0.1) is 11.8 Å². The van der Waals surface area contributed by atoms with Crippen molar-refractivity contribution in [1.29, 1.82) is 0 Å². The number of nitrogens with zero attached hydrogens (tertiary/aromatic N) is 5. The van der Waals surface area contributed by atoms with E-state index in [0.29, 0.717) is 44.3 Å². The summed E-state index contributed by atoms with van der Waals surface area (Å²) in [4.78, 5) is 32.5. The van der Waals surface area contributed by atoms with Gasteiger partial charge < -0.3 is 29.4 Å². The van der Waals surface area contributed by atoms with Crippen LogP contribution in [0.4, 0.5) is 16.3 Å². The first-order chi connectivity index (χ1) is 20.1. The minimum Gasteiger partial charge on any atom is -0.481 e. The van der Waals surface area contributed by atoms with Gasteiger partial charge in [0.25, 0.3) is 0 Å². The Kier molecular flexibility index (Phi) is 9.00. The van der Waals surface area contributed by atoms with Crippen molar-refractivity contribution in [2.24, 2.45) is 11.8 Å². The second-order valence-electron chi connectivity index (χ2n) is 11.9. The predicted molar refractivity (Wildman–Crippen MR) is 162 cm³/mol. The summed E-state index contributed by atoms with van der Waals surface area (Å²) in [6.07, 6.45) is 4.53. The van der Waals surface area contributed by atoms with Gasteiger partial charge >= 0.3 is 12.1 Å². The van der Waals surface area contributed by atoms with E-state index in [1.54, 1.807) is 6.20 Å². The Labute approximate surface area is 253 Å². The van der Waals surface area contributed by atoms with Gasteiger partial charge in [-0.15, -0.1) is 10.2 Å². The molecule has 5 rings (SSSR count). The summed E-state index contributed by atoms with van der Waals surface area (Å²) < 4.78 is 12.5. The molecule has 1 amide bonds. The molecule has 0 spiro atoms. The van der Waals surface area contributed by atoms with Gasteiger partial charge in [-0.3, -0.25) is 4.79 Å². The maximum absolute atomic E-state index is 12.1. The molecule has 0 radical (unpaired) electrons. The number of rotatable bonds is 7. The molecule has 2 saturated heterocycles. The number of aromatic nitrogens is 3. The van der Waals surface area contributed by atoms with E-state index in [0.717, 1.165) is 53.0 Å². The zero-order valence-corrected chi connectivity index (χ0v) is 25.8. The van der Waals surface area contributed by atoms with E-state index < -0.39 is 17.7 Å². The van der Waals surface area contributed by atoms with Gasteiger partial charge in [0.1, 0.15) is 11.4 Å². The smallest absolute Gasteiger partial charge is 0.407 e. The Bertz CT molecular complexity index is 1420. The summed E-state index contributed by atoms with van der Waals surface area (Å²) in [6.45, 7) is 9.01. The zero-order valence-electron chi connectivity index (χ0n) is 24.2. The maximum atomic E-state index is 12.1. The van der Waals surface area contributed by atoms with Crippen LogP contribution >= 0.6 is 15.9 Å². The predicted octanol–water partition coefficient (Wildman–Crippen LogP) is 5.60. The summed E-state index contributed by atoms with van der Waals surface area (Å²) >= 11 is 3.56. The highest BCUT2D eigenvalue weighted by molar-refractivity contribution is 9.10. The van der Waals surface area contributed by atoms with Crippen LogP contribution in [0.5, 0.6) is 0 Å². The van der Waals surface area contributed by atoms with Gasteiger partial charge in [0.05, 0.1) is 17.2 Å². The number of aliphatic carboxylic acids is 1. The number of nitrogens with one attached hydrogen (secondary N) is 1. The molecule has 1 unspecified atom stereocenters. The zero-order chi connectivity index (χ0) is 29.9. The minimum absolute atomic E-state index is 0.281. The van der Waals surface area contributed by atoms with Crippen molar-refractivity contribution < 1.29 is 23.8 Å². The highest BCUT2D eigenvalue weighted by Crippen LogP contribution is 2.36. The molecule has 1 aromatic carbocycles. The highest BCUT2D eigenvalue weighted by atomic mass is 79.9. The summed E-state index contributed by atoms with van der Waals surface area (Å²) in [5.74, 6) is 0.844. The van der Waals surface area contributed by atoms with Crippen LogP contribution in [0.1, 0.15) is 46.5 Å². The normalized spacial score (nSPS) is 18.1. The monoisotopic (exact) mass is 640 g/mol. The van der Waals surface area contributed by atoms with Crippen molar-refractivity contribution in [3.8, 4) is 22.9 Å². The second-order valence-corrected chi connectivity index (χ2v) is 12.8. The molecule has 2 N–H and O–H groups in total. The molecule has 42 heavy (non-hydrogen) atoms. The molecule has 4 heterocycles. The molecule has 2 aliphatic rings. The van der Waals surface area contributed by atoms with Crippen LogP contribution in [-0.4, -0.2) is 70.7 Å². The third-order valence-corrected chi connectivity index (χ3v) is 8.06. The van der Waals surface area contributed by atoms with Crippen molar-refractivity contribution in [3.05, 3.63) is 41.0 Å². The van der Waals surface area contributed by atoms with E-state index in [4.69, 9.17) is 9.15 Å². The highest BCUT2D eigenvalue weighted by Gasteiger charge is 2.28. The van der Waals surface area contributed by atoms with Crippen molar-refractivity contribution in [2.45, 2.75) is 52.1 Å². The number of alkyl carbamates (subject to hydrolysis) is 1. The van der Waals surface area contributed by atoms with Crippen molar-refractivity contribution in [3.63, 3.8) is 0 Å². The second kappa shape index (κ2) is 12.7. The number of hydrogen-bond donors (Lipinski definition) is 2. The molecule has 1 atom stereocenters. The fraction of sp³-hybridized carbons (Fsp3) is 0.500. The lowest BCUT2D eigenvalue weighted by molar-refractivity contribution is -0.142. The number of hydrogen-bond acceptors (Lipinski definition) is 9. The molecule has 0 aliphatic carbocycles. The average molecular weight is 642 g/mol. The molecule has 3 aromatic rings. The summed E-state index contributed by atoms with van der Waals surface area (Å²) in [6, 6.07) is 9.69. The maximum Gasteiger partial charge on any atom is 0.407 e. The minimum atomic E-state index is -0.736. The van der Waals surface area contributed by atoms with Gasteiger partial charge in [0, 0.05) is 49.0 Å². The Balaban J connectivity index is 1.28. The third-order valence-electron chi connectivity index (χ3n) is 7.57. The third kappa shape index (κ3) is 7.39. The van der Waals surface area contributed by atoms with Gasteiger partial charge in [0.15, 0.2) is 0 Å². The Hall–Kier alpha value is -3.67. The number of amides is 1. The first-order valence-corrected chi connectivity index (χ1v) is 15.1. The average Bonchev–Trinajstić information content (AvgIpc) is 3.46. The van der Waals surface area contributed by atoms with E-state index in [9.17, 15) is 14.7 Å². The lowest BCUT2D eigenvalue weighted by atomic mass is 9.96. The number of carbonyl (C=O) groups excluding carboxylic acids is 1. The number of piperidine rings is 2. The molecule has 2 aromatic heterocycles. The number of benzene rings is 1. The number of halogens is 1. The van der Waals surface area contributed by atoms with Gasteiger partial charge in [-0.05, 0) is 82.7 Å². The first-order valence-electron chi connectivity index (χ1n) is 14.3. The van der Waals surface area contributed by atoms with Gasteiger partial charge in [0.2, 0.25) is 11.8 Å². The standard InChI is InChI=1S/C30H37BrN6O5/c1-30(2,3)42-29(40)33-17-19-5-4-12-37(18-19)25-15-21(8-11-32-25)26-34-35-27(41-26)23-7-6-22(31)16-24(23)36-13-9-20(10-14-36)28(38)39/h6-8,11,15-16,19-20H,4-5,9-10,12-14,17-18H2,1-3H3,(H,33,40)(H,38,39).